The Balaban J connectivity index is 4.50. The van der Waals surface area contributed by atoms with Crippen LogP contribution in [0.4, 0.5) is 0 Å². The summed E-state index contributed by atoms with van der Waals surface area (Å²) in [6.07, 6.45) is 5.51. The van der Waals surface area contributed by atoms with Gasteiger partial charge in [-0.05, 0) is 37.9 Å². The van der Waals surface area contributed by atoms with E-state index in [0.717, 1.165) is 19.3 Å². The van der Waals surface area contributed by atoms with Gasteiger partial charge in [-0.1, -0.05) is 58.7 Å². The molecule has 3 atom stereocenters. The lowest BCUT2D eigenvalue weighted by molar-refractivity contribution is -0.145. The molecule has 5 heteroatoms. The van der Waals surface area contributed by atoms with Gasteiger partial charge in [0.15, 0.2) is 0 Å². The highest BCUT2D eigenvalue weighted by Crippen LogP contribution is 2.28. The number of hydrogen-bond donors (Lipinski definition) is 0. The summed E-state index contributed by atoms with van der Waals surface area (Å²) < 4.78 is 11.2. The molecule has 0 heterocycles. The number of unbranched alkanes of at least 4 members (excludes halogenated alkanes) is 2. The predicted molar refractivity (Wildman–Crippen MR) is 99.3 cm³/mol. The van der Waals surface area contributed by atoms with E-state index in [1.165, 1.54) is 20.0 Å². The molecule has 0 aromatic carbocycles. The predicted octanol–water partition coefficient (Wildman–Crippen LogP) is 5.21. The number of methoxy groups -OCH3 is 1. The number of thioether (sulfide) groups is 1. The van der Waals surface area contributed by atoms with Crippen LogP contribution in [-0.2, 0) is 14.3 Å². The summed E-state index contributed by atoms with van der Waals surface area (Å²) in [6.45, 7) is 10.4. The highest BCUT2D eigenvalue weighted by molar-refractivity contribution is 8.23. The molecule has 130 valence electrons. The largest absolute Gasteiger partial charge is 0.475 e. The third kappa shape index (κ3) is 9.67. The smallest absolute Gasteiger partial charge is 0.308 e. The van der Waals surface area contributed by atoms with Crippen LogP contribution in [0.2, 0.25) is 0 Å². The Hall–Kier alpha value is -0.290. The zero-order valence-corrected chi connectivity index (χ0v) is 16.5. The van der Waals surface area contributed by atoms with Gasteiger partial charge in [0.2, 0.25) is 4.38 Å². The van der Waals surface area contributed by atoms with Crippen molar-refractivity contribution < 1.29 is 14.3 Å². The molecule has 0 aliphatic carbocycles. The van der Waals surface area contributed by atoms with Crippen LogP contribution in [0.25, 0.3) is 0 Å². The minimum absolute atomic E-state index is 0.102. The van der Waals surface area contributed by atoms with Crippen molar-refractivity contribution in [2.75, 3.05) is 7.11 Å². The third-order valence-corrected chi connectivity index (χ3v) is 5.27. The van der Waals surface area contributed by atoms with Gasteiger partial charge in [0.1, 0.15) is 0 Å². The molecule has 0 saturated heterocycles. The van der Waals surface area contributed by atoms with Crippen molar-refractivity contribution in [2.45, 2.75) is 78.1 Å². The third-order valence-electron chi connectivity index (χ3n) is 3.83. The van der Waals surface area contributed by atoms with Crippen LogP contribution in [-0.4, -0.2) is 28.8 Å². The van der Waals surface area contributed by atoms with Gasteiger partial charge in [-0.25, -0.2) is 0 Å². The molecular weight excluding hydrogens is 316 g/mol. The Morgan fingerprint density at radius 1 is 1.18 bits per heavy atom. The Labute approximate surface area is 145 Å². The zero-order valence-electron chi connectivity index (χ0n) is 14.9. The van der Waals surface area contributed by atoms with Crippen LogP contribution in [0.3, 0.4) is 0 Å². The SMILES string of the molecule is CCCCCC(CC(C)C(=O)OC)SC(=S)OC(C)C(C)C. The Morgan fingerprint density at radius 3 is 2.32 bits per heavy atom. The molecule has 0 amide bonds. The number of hydrogen-bond acceptors (Lipinski definition) is 5. The number of esters is 1. The van der Waals surface area contributed by atoms with E-state index in [1.807, 2.05) is 13.8 Å². The first kappa shape index (κ1) is 21.7. The van der Waals surface area contributed by atoms with Crippen LogP contribution in [0.5, 0.6) is 0 Å². The Morgan fingerprint density at radius 2 is 1.82 bits per heavy atom. The highest BCUT2D eigenvalue weighted by Gasteiger charge is 2.22. The minimum Gasteiger partial charge on any atom is -0.475 e. The maximum Gasteiger partial charge on any atom is 0.308 e. The second-order valence-electron chi connectivity index (χ2n) is 6.21. The van der Waals surface area contributed by atoms with E-state index in [4.69, 9.17) is 21.7 Å². The summed E-state index contributed by atoms with van der Waals surface area (Å²) in [5.74, 6) is 0.184. The molecule has 0 aliphatic heterocycles. The summed E-state index contributed by atoms with van der Waals surface area (Å²) in [7, 11) is 1.44. The van der Waals surface area contributed by atoms with Crippen molar-refractivity contribution in [3.8, 4) is 0 Å². The van der Waals surface area contributed by atoms with Crippen LogP contribution in [0.15, 0.2) is 0 Å². The number of ether oxygens (including phenoxy) is 2. The highest BCUT2D eigenvalue weighted by atomic mass is 32.2. The molecule has 0 spiro atoms. The lowest BCUT2D eigenvalue weighted by Gasteiger charge is -2.23. The Bertz CT molecular complexity index is 332. The van der Waals surface area contributed by atoms with E-state index in [-0.39, 0.29) is 18.0 Å². The van der Waals surface area contributed by atoms with Crippen LogP contribution < -0.4 is 0 Å². The normalized spacial score (nSPS) is 15.2. The summed E-state index contributed by atoms with van der Waals surface area (Å²) in [5, 5.41) is 0.313. The van der Waals surface area contributed by atoms with Gasteiger partial charge in [0.05, 0.1) is 19.1 Å². The molecule has 0 aliphatic rings. The summed E-state index contributed by atoms with van der Waals surface area (Å²) in [5.41, 5.74) is 0. The van der Waals surface area contributed by atoms with E-state index >= 15 is 0 Å². The second-order valence-corrected chi connectivity index (χ2v) is 8.11. The number of carbonyl (C=O) groups is 1. The molecule has 0 N–H and O–H groups in total. The molecule has 3 unspecified atom stereocenters. The van der Waals surface area contributed by atoms with Crippen molar-refractivity contribution >= 4 is 34.3 Å². The lowest BCUT2D eigenvalue weighted by Crippen LogP contribution is -2.22. The van der Waals surface area contributed by atoms with Gasteiger partial charge in [-0.3, -0.25) is 4.79 Å². The molecule has 0 rings (SSSR count). The first-order valence-electron chi connectivity index (χ1n) is 8.26. The average molecular weight is 349 g/mol. The van der Waals surface area contributed by atoms with Gasteiger partial charge in [0, 0.05) is 5.25 Å². The number of carbonyl (C=O) groups excluding carboxylic acids is 1. The quantitative estimate of drug-likeness (QED) is 0.307. The van der Waals surface area contributed by atoms with E-state index in [2.05, 4.69) is 20.8 Å². The fourth-order valence-corrected chi connectivity index (χ4v) is 3.70. The number of rotatable bonds is 10. The summed E-state index contributed by atoms with van der Waals surface area (Å²) >= 11 is 6.97. The zero-order chi connectivity index (χ0) is 17.1. The summed E-state index contributed by atoms with van der Waals surface area (Å²) in [4.78, 5) is 11.6. The van der Waals surface area contributed by atoms with Gasteiger partial charge in [0.25, 0.3) is 0 Å². The molecule has 22 heavy (non-hydrogen) atoms. The fraction of sp³-hybridized carbons (Fsp3) is 0.882. The van der Waals surface area contributed by atoms with Crippen LogP contribution in [0.1, 0.15) is 66.7 Å². The first-order valence-corrected chi connectivity index (χ1v) is 9.55. The topological polar surface area (TPSA) is 35.5 Å². The van der Waals surface area contributed by atoms with Crippen molar-refractivity contribution in [1.82, 2.24) is 0 Å². The van der Waals surface area contributed by atoms with Crippen molar-refractivity contribution in [2.24, 2.45) is 11.8 Å². The maximum absolute atomic E-state index is 11.6. The molecule has 0 saturated carbocycles. The first-order chi connectivity index (χ1) is 10.3. The average Bonchev–Trinajstić information content (AvgIpc) is 2.45. The van der Waals surface area contributed by atoms with E-state index in [1.54, 1.807) is 11.8 Å². The molecular formula is C17H32O3S2. The standard InChI is InChI=1S/C17H32O3S2/c1-7-8-9-10-15(11-13(4)16(18)19-6)22-17(21)20-14(5)12(2)3/h12-15H,7-11H2,1-6H3. The fourth-order valence-electron chi connectivity index (χ4n) is 1.99. The number of thiocarbonyl (C=S) groups is 1. The van der Waals surface area contributed by atoms with Gasteiger partial charge in [-0.15, -0.1) is 0 Å². The lowest BCUT2D eigenvalue weighted by atomic mass is 10.0. The Kier molecular flexibility index (Phi) is 12.0. The molecule has 0 aromatic rings. The molecule has 0 aromatic heterocycles. The van der Waals surface area contributed by atoms with Gasteiger partial charge >= 0.3 is 5.97 Å². The van der Waals surface area contributed by atoms with E-state index < -0.39 is 0 Å². The van der Waals surface area contributed by atoms with E-state index in [9.17, 15) is 4.79 Å². The summed E-state index contributed by atoms with van der Waals surface area (Å²) in [6, 6.07) is 0. The molecule has 0 radical (unpaired) electrons. The van der Waals surface area contributed by atoms with Crippen molar-refractivity contribution in [1.29, 1.82) is 0 Å². The van der Waals surface area contributed by atoms with Crippen LogP contribution in [0, 0.1) is 11.8 Å². The second kappa shape index (κ2) is 12.2. The molecule has 3 nitrogen and oxygen atoms in total. The van der Waals surface area contributed by atoms with Gasteiger partial charge < -0.3 is 9.47 Å². The molecule has 0 fully saturated rings. The van der Waals surface area contributed by atoms with Crippen LogP contribution >= 0.6 is 24.0 Å². The van der Waals surface area contributed by atoms with Crippen molar-refractivity contribution in [3.05, 3.63) is 0 Å². The van der Waals surface area contributed by atoms with E-state index in [0.29, 0.717) is 15.6 Å². The maximum atomic E-state index is 11.6. The molecule has 0 bridgehead atoms. The monoisotopic (exact) mass is 348 g/mol. The minimum atomic E-state index is -0.150. The van der Waals surface area contributed by atoms with Gasteiger partial charge in [-0.2, -0.15) is 0 Å². The van der Waals surface area contributed by atoms with Crippen molar-refractivity contribution in [3.63, 3.8) is 0 Å².